The van der Waals surface area contributed by atoms with Crippen LogP contribution in [0.2, 0.25) is 0 Å². The lowest BCUT2D eigenvalue weighted by molar-refractivity contribution is 0.00578. The summed E-state index contributed by atoms with van der Waals surface area (Å²) < 4.78 is 14.1. The van der Waals surface area contributed by atoms with Gasteiger partial charge in [-0.3, -0.25) is 4.68 Å². The number of allylic oxidation sites excluding steroid dienone is 2. The second kappa shape index (κ2) is 5.28. The second-order valence-corrected chi connectivity index (χ2v) is 6.85. The Morgan fingerprint density at radius 2 is 1.73 bits per heavy atom. The Kier molecular flexibility index (Phi) is 3.69. The summed E-state index contributed by atoms with van der Waals surface area (Å²) in [5, 5.41) is 4.47. The summed E-state index contributed by atoms with van der Waals surface area (Å²) in [6.45, 7) is 11.3. The smallest absolute Gasteiger partial charge is 0.399 e. The van der Waals surface area contributed by atoms with Crippen molar-refractivity contribution >= 4 is 12.6 Å². The number of hydrogen-bond donors (Lipinski definition) is 0. The largest absolute Gasteiger partial charge is 0.498 e. The highest BCUT2D eigenvalue weighted by atomic mass is 16.7. The fraction of sp³-hybridized carbons (Fsp3) is 0.562. The van der Waals surface area contributed by atoms with E-state index in [9.17, 15) is 0 Å². The van der Waals surface area contributed by atoms with Crippen LogP contribution < -0.4 is 5.46 Å². The average Bonchev–Trinajstić information content (AvgIpc) is 3.03. The molecule has 0 saturated carbocycles. The van der Waals surface area contributed by atoms with Gasteiger partial charge in [0.2, 0.25) is 0 Å². The first-order valence-corrected chi connectivity index (χ1v) is 7.84. The molecule has 1 saturated heterocycles. The van der Waals surface area contributed by atoms with Crippen molar-refractivity contribution in [3.05, 3.63) is 36.9 Å². The maximum Gasteiger partial charge on any atom is 0.498 e. The summed E-state index contributed by atoms with van der Waals surface area (Å²) in [5.41, 5.74) is 0.302. The number of rotatable bonds is 3. The Labute approximate surface area is 132 Å². The molecular weight excluding hydrogens is 277 g/mol. The first kappa shape index (κ1) is 15.4. The lowest BCUT2D eigenvalue weighted by atomic mass is 9.82. The second-order valence-electron chi connectivity index (χ2n) is 6.85. The van der Waals surface area contributed by atoms with Gasteiger partial charge in [-0.15, -0.1) is 0 Å². The number of nitrogens with zero attached hydrogens (tertiary/aromatic N) is 3. The molecule has 2 aliphatic rings. The van der Waals surface area contributed by atoms with Crippen molar-refractivity contribution in [3.8, 4) is 0 Å². The fourth-order valence-electron chi connectivity index (χ4n) is 2.52. The van der Waals surface area contributed by atoms with E-state index >= 15 is 0 Å². The Hall–Kier alpha value is -1.53. The van der Waals surface area contributed by atoms with E-state index in [0.29, 0.717) is 0 Å². The van der Waals surface area contributed by atoms with Crippen molar-refractivity contribution in [2.45, 2.75) is 51.9 Å². The minimum absolute atomic E-state index is 0.138. The average molecular weight is 301 g/mol. The highest BCUT2D eigenvalue weighted by molar-refractivity contribution is 6.62. The van der Waals surface area contributed by atoms with E-state index in [1.807, 2.05) is 17.1 Å². The molecule has 1 aromatic heterocycles. The topological polar surface area (TPSA) is 39.5 Å². The van der Waals surface area contributed by atoms with Crippen LogP contribution in [0.25, 0.3) is 0 Å². The summed E-state index contributed by atoms with van der Waals surface area (Å²) in [5.74, 6) is 0. The molecule has 22 heavy (non-hydrogen) atoms. The van der Waals surface area contributed by atoms with E-state index in [2.05, 4.69) is 69.2 Å². The van der Waals surface area contributed by atoms with Crippen molar-refractivity contribution in [1.29, 1.82) is 0 Å². The van der Waals surface area contributed by atoms with E-state index < -0.39 is 0 Å². The summed E-state index contributed by atoms with van der Waals surface area (Å²) in [6.07, 6.45) is 12.3. The van der Waals surface area contributed by atoms with Crippen LogP contribution in [-0.4, -0.2) is 39.5 Å². The van der Waals surface area contributed by atoms with Crippen LogP contribution in [0.4, 0.5) is 0 Å². The third-order valence-corrected chi connectivity index (χ3v) is 4.77. The fourth-order valence-corrected chi connectivity index (χ4v) is 2.52. The Morgan fingerprint density at radius 3 is 2.27 bits per heavy atom. The van der Waals surface area contributed by atoms with Gasteiger partial charge >= 0.3 is 7.12 Å². The maximum absolute atomic E-state index is 6.07. The van der Waals surface area contributed by atoms with E-state index in [1.54, 1.807) is 0 Å². The zero-order valence-corrected chi connectivity index (χ0v) is 14.0. The Balaban J connectivity index is 1.75. The van der Waals surface area contributed by atoms with Crippen molar-refractivity contribution in [2.75, 3.05) is 6.54 Å². The van der Waals surface area contributed by atoms with Crippen LogP contribution in [0, 0.1) is 0 Å². The molecule has 6 heteroatoms. The third kappa shape index (κ3) is 2.61. The third-order valence-electron chi connectivity index (χ3n) is 4.77. The molecule has 0 radical (unpaired) electrons. The molecule has 0 unspecified atom stereocenters. The molecule has 0 spiro atoms. The Morgan fingerprint density at radius 1 is 1.14 bits per heavy atom. The Bertz CT molecular complexity index is 576. The van der Waals surface area contributed by atoms with Crippen LogP contribution in [0.15, 0.2) is 36.9 Å². The summed E-state index contributed by atoms with van der Waals surface area (Å²) in [4.78, 5) is 2.13. The van der Waals surface area contributed by atoms with E-state index in [4.69, 9.17) is 9.31 Å². The first-order valence-electron chi connectivity index (χ1n) is 7.84. The molecule has 3 heterocycles. The summed E-state index contributed by atoms with van der Waals surface area (Å²) in [6, 6.07) is 0.138. The molecule has 0 aliphatic carbocycles. The molecule has 1 fully saturated rings. The van der Waals surface area contributed by atoms with Crippen LogP contribution in [-0.2, 0) is 9.31 Å². The van der Waals surface area contributed by atoms with Gasteiger partial charge in [0.05, 0.1) is 17.2 Å². The van der Waals surface area contributed by atoms with Crippen LogP contribution in [0.5, 0.6) is 0 Å². The van der Waals surface area contributed by atoms with Crippen LogP contribution >= 0.6 is 0 Å². The number of hydrogen-bond acceptors (Lipinski definition) is 4. The normalized spacial score (nSPS) is 23.5. The lowest BCUT2D eigenvalue weighted by Crippen LogP contribution is -2.41. The van der Waals surface area contributed by atoms with Gasteiger partial charge in [0.1, 0.15) is 0 Å². The quantitative estimate of drug-likeness (QED) is 0.802. The zero-order valence-electron chi connectivity index (χ0n) is 14.0. The molecule has 0 atom stereocenters. The molecular formula is C16H24BN3O2. The van der Waals surface area contributed by atoms with Crippen molar-refractivity contribution in [1.82, 2.24) is 14.7 Å². The SMILES string of the molecule is CCN1C=CC(n2cc(B3OC(C)(C)C(C)(C)O3)cn2)C=C1. The summed E-state index contributed by atoms with van der Waals surface area (Å²) in [7, 11) is -0.359. The standard InChI is InChI=1S/C16H24BN3O2/c1-6-19-9-7-14(8-10-19)20-12-13(11-18-20)17-21-15(2,3)16(4,5)22-17/h7-12,14H,6H2,1-5H3. The monoisotopic (exact) mass is 301 g/mol. The van der Waals surface area contributed by atoms with E-state index in [0.717, 1.165) is 12.0 Å². The van der Waals surface area contributed by atoms with Gasteiger partial charge in [0.25, 0.3) is 0 Å². The van der Waals surface area contributed by atoms with Gasteiger partial charge in [0, 0.05) is 36.8 Å². The molecule has 1 aromatic rings. The molecule has 0 aromatic carbocycles. The molecule has 5 nitrogen and oxygen atoms in total. The number of aromatic nitrogens is 2. The van der Waals surface area contributed by atoms with Crippen molar-refractivity contribution in [3.63, 3.8) is 0 Å². The lowest BCUT2D eigenvalue weighted by Gasteiger charge is -2.32. The molecule has 0 N–H and O–H groups in total. The predicted molar refractivity (Wildman–Crippen MR) is 87.6 cm³/mol. The van der Waals surface area contributed by atoms with Crippen molar-refractivity contribution < 1.29 is 9.31 Å². The van der Waals surface area contributed by atoms with Gasteiger partial charge in [-0.25, -0.2) is 0 Å². The van der Waals surface area contributed by atoms with E-state index in [-0.39, 0.29) is 24.4 Å². The molecule has 2 aliphatic heterocycles. The highest BCUT2D eigenvalue weighted by Gasteiger charge is 2.52. The van der Waals surface area contributed by atoms with E-state index in [1.165, 1.54) is 0 Å². The summed E-state index contributed by atoms with van der Waals surface area (Å²) >= 11 is 0. The zero-order chi connectivity index (χ0) is 16.0. The highest BCUT2D eigenvalue weighted by Crippen LogP contribution is 2.36. The minimum atomic E-state index is -0.359. The molecule has 118 valence electrons. The molecule has 3 rings (SSSR count). The van der Waals surface area contributed by atoms with Gasteiger partial charge in [0.15, 0.2) is 0 Å². The van der Waals surface area contributed by atoms with Gasteiger partial charge < -0.3 is 14.2 Å². The minimum Gasteiger partial charge on any atom is -0.399 e. The van der Waals surface area contributed by atoms with Gasteiger partial charge in [-0.2, -0.15) is 5.10 Å². The predicted octanol–water partition coefficient (Wildman–Crippen LogP) is 2.09. The molecule has 0 amide bonds. The van der Waals surface area contributed by atoms with Gasteiger partial charge in [-0.05, 0) is 46.8 Å². The van der Waals surface area contributed by atoms with Gasteiger partial charge in [-0.1, -0.05) is 0 Å². The maximum atomic E-state index is 6.07. The van der Waals surface area contributed by atoms with Crippen molar-refractivity contribution in [2.24, 2.45) is 0 Å². The molecule has 0 bridgehead atoms. The first-order chi connectivity index (χ1) is 10.3. The van der Waals surface area contributed by atoms with Crippen LogP contribution in [0.3, 0.4) is 0 Å². The van der Waals surface area contributed by atoms with Crippen LogP contribution in [0.1, 0.15) is 40.7 Å².